The van der Waals surface area contributed by atoms with Crippen LogP contribution in [0.2, 0.25) is 0 Å². The zero-order chi connectivity index (χ0) is 38.5. The summed E-state index contributed by atoms with van der Waals surface area (Å²) in [5, 5.41) is 6.18. The first-order chi connectivity index (χ1) is 24.6. The molecule has 4 rings (SSSR count). The molecule has 52 heavy (non-hydrogen) atoms. The number of carbonyl (C=O) groups is 4. The molecular formula is C42H60N4O6. The van der Waals surface area contributed by atoms with Crippen molar-refractivity contribution in [2.75, 3.05) is 14.1 Å². The molecule has 0 saturated heterocycles. The maximum absolute atomic E-state index is 12.9. The number of likely N-dealkylation sites (N-methyl/N-ethyl adjacent to an activating group) is 2. The third-order valence-corrected chi connectivity index (χ3v) is 9.77. The number of fused-ring (bicyclic) bond motifs is 2. The Morgan fingerprint density at radius 1 is 0.558 bits per heavy atom. The highest BCUT2D eigenvalue weighted by atomic mass is 16.5. The Balaban J connectivity index is 0.000000280. The number of para-hydroxylation sites is 2. The number of rotatable bonds is 2. The molecule has 2 heterocycles. The lowest BCUT2D eigenvalue weighted by molar-refractivity contribution is -0.126. The summed E-state index contributed by atoms with van der Waals surface area (Å²) >= 11 is 0. The molecule has 2 N–H and O–H groups in total. The minimum Gasteiger partial charge on any atom is -0.490 e. The van der Waals surface area contributed by atoms with Crippen molar-refractivity contribution >= 4 is 23.6 Å². The summed E-state index contributed by atoms with van der Waals surface area (Å²) in [6, 6.07) is 13.3. The summed E-state index contributed by atoms with van der Waals surface area (Å²) in [6.07, 6.45) is 11.3. The van der Waals surface area contributed by atoms with E-state index in [1.807, 2.05) is 26.0 Å². The lowest BCUT2D eigenvalue weighted by Crippen LogP contribution is -2.50. The van der Waals surface area contributed by atoms with Crippen LogP contribution in [-0.4, -0.2) is 83.9 Å². The van der Waals surface area contributed by atoms with Gasteiger partial charge >= 0.3 is 0 Å². The highest BCUT2D eigenvalue weighted by Crippen LogP contribution is 2.25. The van der Waals surface area contributed by atoms with Gasteiger partial charge in [-0.2, -0.15) is 0 Å². The average Bonchev–Trinajstić information content (AvgIpc) is 3.11. The molecule has 2 aliphatic rings. The molecule has 4 amide bonds. The first kappa shape index (κ1) is 41.8. The monoisotopic (exact) mass is 716 g/mol. The van der Waals surface area contributed by atoms with Gasteiger partial charge in [-0.3, -0.25) is 19.2 Å². The molecule has 2 aromatic rings. The first-order valence-electron chi connectivity index (χ1n) is 18.6. The van der Waals surface area contributed by atoms with Crippen molar-refractivity contribution in [2.24, 2.45) is 11.8 Å². The molecule has 284 valence electrons. The van der Waals surface area contributed by atoms with Gasteiger partial charge in [-0.15, -0.1) is 0 Å². The molecule has 0 aliphatic carbocycles. The minimum absolute atomic E-state index is 0.0381. The maximum Gasteiger partial charge on any atom is 0.258 e. The van der Waals surface area contributed by atoms with Crippen molar-refractivity contribution in [1.82, 2.24) is 20.4 Å². The van der Waals surface area contributed by atoms with Crippen molar-refractivity contribution in [3.63, 3.8) is 0 Å². The third-order valence-electron chi connectivity index (χ3n) is 9.77. The number of nitrogens with one attached hydrogen (secondary N) is 2. The maximum atomic E-state index is 12.9. The van der Waals surface area contributed by atoms with E-state index in [2.05, 4.69) is 62.6 Å². The van der Waals surface area contributed by atoms with Crippen molar-refractivity contribution < 1.29 is 28.7 Å². The van der Waals surface area contributed by atoms with E-state index in [4.69, 9.17) is 9.47 Å². The Bertz CT molecular complexity index is 1450. The normalized spacial score (nSPS) is 26.5. The molecular weight excluding hydrogens is 656 g/mol. The van der Waals surface area contributed by atoms with E-state index in [9.17, 15) is 19.2 Å². The molecule has 0 spiro atoms. The molecule has 2 aliphatic heterocycles. The van der Waals surface area contributed by atoms with Gasteiger partial charge in [-0.25, -0.2) is 0 Å². The molecule has 0 saturated carbocycles. The van der Waals surface area contributed by atoms with Crippen molar-refractivity contribution in [3.8, 4) is 11.5 Å². The molecule has 6 atom stereocenters. The van der Waals surface area contributed by atoms with Gasteiger partial charge in [0.05, 0.1) is 23.3 Å². The number of hydrogen-bond donors (Lipinski definition) is 2. The second-order valence-corrected chi connectivity index (χ2v) is 14.6. The van der Waals surface area contributed by atoms with Gasteiger partial charge in [-0.1, -0.05) is 76.3 Å². The third kappa shape index (κ3) is 11.7. The highest BCUT2D eigenvalue weighted by molar-refractivity contribution is 6.00. The molecule has 2 aromatic carbocycles. The topological polar surface area (TPSA) is 117 Å². The number of nitrogens with zero attached hydrogens (tertiary/aromatic N) is 2. The Morgan fingerprint density at radius 3 is 1.23 bits per heavy atom. The molecule has 0 fully saturated rings. The van der Waals surface area contributed by atoms with Gasteiger partial charge in [-0.05, 0) is 76.6 Å². The average molecular weight is 717 g/mol. The SMILES string of the molecule is CC(C)[C@@H]1C/C=C/C[C@H](C)Oc2ccccc2C(=O)N(C)[C@H](C)C(=O)N1.CC(C)[C@@H]1C/C=C\C[C@H](C)Oc2ccccc2C(=O)N(C)[C@H](C)C(=O)N1. The number of ether oxygens (including phenoxy) is 2. The predicted molar refractivity (Wildman–Crippen MR) is 206 cm³/mol. The van der Waals surface area contributed by atoms with Crippen LogP contribution in [0.3, 0.4) is 0 Å². The van der Waals surface area contributed by atoms with Crippen LogP contribution in [0.25, 0.3) is 0 Å². The Hall–Kier alpha value is -4.60. The highest BCUT2D eigenvalue weighted by Gasteiger charge is 2.29. The largest absolute Gasteiger partial charge is 0.490 e. The van der Waals surface area contributed by atoms with Gasteiger partial charge in [0.15, 0.2) is 0 Å². The number of carbonyl (C=O) groups excluding carboxylic acids is 4. The molecule has 0 unspecified atom stereocenters. The Kier molecular flexibility index (Phi) is 16.0. The van der Waals surface area contributed by atoms with E-state index in [-0.39, 0.29) is 47.9 Å². The van der Waals surface area contributed by atoms with E-state index in [1.54, 1.807) is 64.3 Å². The van der Waals surface area contributed by atoms with Crippen LogP contribution in [0.15, 0.2) is 72.8 Å². The summed E-state index contributed by atoms with van der Waals surface area (Å²) in [6.45, 7) is 15.8. The molecule has 0 radical (unpaired) electrons. The fourth-order valence-corrected chi connectivity index (χ4v) is 5.77. The molecule has 10 heteroatoms. The predicted octanol–water partition coefficient (Wildman–Crippen LogP) is 6.81. The van der Waals surface area contributed by atoms with Crippen LogP contribution in [0.1, 0.15) is 102 Å². The van der Waals surface area contributed by atoms with Gasteiger partial charge in [0.25, 0.3) is 11.8 Å². The van der Waals surface area contributed by atoms with E-state index in [0.29, 0.717) is 34.5 Å². The quantitative estimate of drug-likeness (QED) is 0.330. The minimum atomic E-state index is -0.568. The standard InChI is InChI=1S/2C21H30N2O3/c2*1-14(2)18-12-8-6-10-15(3)26-19-13-9-7-11-17(19)21(25)23(5)16(4)20(24)22-18/h2*6-9,11,13-16,18H,10,12H2,1-5H3,(H,22,24)/b8-6+;8-6-/t2*15-,16+,18-/m00/s1. The Morgan fingerprint density at radius 2 is 0.885 bits per heavy atom. The fraction of sp³-hybridized carbons (Fsp3) is 0.524. The van der Waals surface area contributed by atoms with Crippen LogP contribution in [-0.2, 0) is 9.59 Å². The second kappa shape index (κ2) is 19.9. The van der Waals surface area contributed by atoms with Crippen molar-refractivity contribution in [1.29, 1.82) is 0 Å². The van der Waals surface area contributed by atoms with Gasteiger partial charge in [0, 0.05) is 39.0 Å². The number of hydrogen-bond acceptors (Lipinski definition) is 6. The summed E-state index contributed by atoms with van der Waals surface area (Å²) < 4.78 is 12.0. The molecule has 10 nitrogen and oxygen atoms in total. The summed E-state index contributed by atoms with van der Waals surface area (Å²) in [4.78, 5) is 54.1. The van der Waals surface area contributed by atoms with Crippen LogP contribution < -0.4 is 20.1 Å². The van der Waals surface area contributed by atoms with Gasteiger partial charge in [0.2, 0.25) is 11.8 Å². The van der Waals surface area contributed by atoms with E-state index >= 15 is 0 Å². The molecule has 0 aromatic heterocycles. The lowest BCUT2D eigenvalue weighted by Gasteiger charge is -2.29. The van der Waals surface area contributed by atoms with E-state index in [0.717, 1.165) is 25.7 Å². The van der Waals surface area contributed by atoms with Crippen LogP contribution in [0.5, 0.6) is 11.5 Å². The van der Waals surface area contributed by atoms with Crippen LogP contribution >= 0.6 is 0 Å². The van der Waals surface area contributed by atoms with Gasteiger partial charge < -0.3 is 29.9 Å². The first-order valence-corrected chi connectivity index (χ1v) is 18.6. The summed E-state index contributed by atoms with van der Waals surface area (Å²) in [5.74, 6) is 0.991. The zero-order valence-corrected chi connectivity index (χ0v) is 32.7. The van der Waals surface area contributed by atoms with Crippen molar-refractivity contribution in [2.45, 2.75) is 117 Å². The van der Waals surface area contributed by atoms with Crippen LogP contribution in [0, 0.1) is 11.8 Å². The zero-order valence-electron chi connectivity index (χ0n) is 32.7. The lowest BCUT2D eigenvalue weighted by atomic mass is 9.99. The smallest absolute Gasteiger partial charge is 0.258 e. The number of amides is 4. The van der Waals surface area contributed by atoms with E-state index < -0.39 is 12.1 Å². The van der Waals surface area contributed by atoms with E-state index in [1.165, 1.54) is 9.80 Å². The molecule has 0 bridgehead atoms. The van der Waals surface area contributed by atoms with Crippen molar-refractivity contribution in [3.05, 3.63) is 84.0 Å². The number of benzene rings is 2. The fourth-order valence-electron chi connectivity index (χ4n) is 5.77. The van der Waals surface area contributed by atoms with Gasteiger partial charge in [0.1, 0.15) is 23.6 Å². The second-order valence-electron chi connectivity index (χ2n) is 14.6. The summed E-state index contributed by atoms with van der Waals surface area (Å²) in [5.41, 5.74) is 0.950. The van der Waals surface area contributed by atoms with Crippen LogP contribution in [0.4, 0.5) is 0 Å². The summed E-state index contributed by atoms with van der Waals surface area (Å²) in [7, 11) is 3.31. The Labute approximate surface area is 311 Å².